The van der Waals surface area contributed by atoms with Crippen LogP contribution >= 0.6 is 0 Å². The summed E-state index contributed by atoms with van der Waals surface area (Å²) in [6.07, 6.45) is 2.46. The third-order valence-corrected chi connectivity index (χ3v) is 4.10. The van der Waals surface area contributed by atoms with Crippen LogP contribution < -0.4 is 5.32 Å². The highest BCUT2D eigenvalue weighted by atomic mass is 16.6. The number of benzene rings is 1. The monoisotopic (exact) mass is 306 g/mol. The number of rotatable bonds is 6. The van der Waals surface area contributed by atoms with Crippen molar-refractivity contribution in [3.63, 3.8) is 0 Å². The summed E-state index contributed by atoms with van der Waals surface area (Å²) in [7, 11) is 0. The first-order valence-electron chi connectivity index (χ1n) is 7.18. The zero-order chi connectivity index (χ0) is 16.3. The molecule has 1 aliphatic carbocycles. The fourth-order valence-corrected chi connectivity index (χ4v) is 2.73. The van der Waals surface area contributed by atoms with Gasteiger partial charge in [-0.15, -0.1) is 0 Å². The van der Waals surface area contributed by atoms with Crippen molar-refractivity contribution >= 4 is 17.6 Å². The number of amides is 1. The fraction of sp³-hybridized carbons (Fsp3) is 0.467. The van der Waals surface area contributed by atoms with Crippen LogP contribution in [0.25, 0.3) is 0 Å². The summed E-state index contributed by atoms with van der Waals surface area (Å²) < 4.78 is 0. The van der Waals surface area contributed by atoms with E-state index >= 15 is 0 Å². The smallest absolute Gasteiger partial charge is 0.305 e. The average Bonchev–Trinajstić information content (AvgIpc) is 2.43. The van der Waals surface area contributed by atoms with Crippen LogP contribution in [0.2, 0.25) is 0 Å². The van der Waals surface area contributed by atoms with Gasteiger partial charge in [-0.3, -0.25) is 19.7 Å². The predicted octanol–water partition coefficient (Wildman–Crippen LogP) is 2.28. The Kier molecular flexibility index (Phi) is 4.44. The minimum atomic E-state index is -0.965. The number of nitrogens with zero attached hydrogens (tertiary/aromatic N) is 1. The first-order valence-corrected chi connectivity index (χ1v) is 7.18. The zero-order valence-electron chi connectivity index (χ0n) is 12.3. The van der Waals surface area contributed by atoms with Crippen molar-refractivity contribution in [2.45, 2.75) is 44.6 Å². The Bertz CT molecular complexity index is 622. The molecule has 1 aromatic carbocycles. The van der Waals surface area contributed by atoms with Gasteiger partial charge in [-0.25, -0.2) is 0 Å². The van der Waals surface area contributed by atoms with E-state index in [0.29, 0.717) is 24.8 Å². The molecule has 0 aromatic heterocycles. The van der Waals surface area contributed by atoms with Crippen molar-refractivity contribution in [1.82, 2.24) is 5.32 Å². The Hall–Kier alpha value is -2.44. The summed E-state index contributed by atoms with van der Waals surface area (Å²) in [5, 5.41) is 22.7. The van der Waals surface area contributed by atoms with Gasteiger partial charge >= 0.3 is 5.97 Å². The molecule has 118 valence electrons. The number of carboxylic acid groups (broad SMARTS) is 1. The lowest BCUT2D eigenvalue weighted by atomic mass is 9.74. The van der Waals surface area contributed by atoms with Crippen molar-refractivity contribution in [3.05, 3.63) is 39.4 Å². The summed E-state index contributed by atoms with van der Waals surface area (Å²) in [6, 6.07) is 4.35. The molecule has 0 bridgehead atoms. The maximum Gasteiger partial charge on any atom is 0.305 e. The lowest BCUT2D eigenvalue weighted by Gasteiger charge is -2.41. The van der Waals surface area contributed by atoms with Crippen LogP contribution in [0.4, 0.5) is 5.69 Å². The van der Waals surface area contributed by atoms with Gasteiger partial charge < -0.3 is 10.4 Å². The van der Waals surface area contributed by atoms with Gasteiger partial charge in [0.05, 0.1) is 16.9 Å². The van der Waals surface area contributed by atoms with Gasteiger partial charge in [0.15, 0.2) is 0 Å². The molecule has 1 saturated carbocycles. The number of hydrogen-bond acceptors (Lipinski definition) is 4. The minimum absolute atomic E-state index is 0.0870. The second kappa shape index (κ2) is 6.13. The van der Waals surface area contributed by atoms with Gasteiger partial charge in [0, 0.05) is 17.2 Å². The molecule has 2 rings (SSSR count). The van der Waals surface area contributed by atoms with Gasteiger partial charge in [0.2, 0.25) is 0 Å². The highest BCUT2D eigenvalue weighted by Gasteiger charge is 2.40. The van der Waals surface area contributed by atoms with Gasteiger partial charge in [0.1, 0.15) is 0 Å². The standard InChI is InChI=1S/C15H18N2O5/c1-2-10-4-5-11(8-12(10)17(21)22)14(20)16-15(6-3-7-15)9-13(18)19/h4-5,8H,2-3,6-7,9H2,1H3,(H,16,20)(H,18,19). The van der Waals surface area contributed by atoms with Crippen molar-refractivity contribution in [2.24, 2.45) is 0 Å². The van der Waals surface area contributed by atoms with E-state index in [-0.39, 0.29) is 17.7 Å². The molecular formula is C15H18N2O5. The topological polar surface area (TPSA) is 110 Å². The molecule has 22 heavy (non-hydrogen) atoms. The molecule has 0 spiro atoms. The average molecular weight is 306 g/mol. The maximum atomic E-state index is 12.3. The molecular weight excluding hydrogens is 288 g/mol. The van der Waals surface area contributed by atoms with Gasteiger partial charge in [-0.1, -0.05) is 13.0 Å². The van der Waals surface area contributed by atoms with Crippen LogP contribution in [0, 0.1) is 10.1 Å². The van der Waals surface area contributed by atoms with Crippen LogP contribution in [0.3, 0.4) is 0 Å². The lowest BCUT2D eigenvalue weighted by Crippen LogP contribution is -2.54. The Labute approximate surface area is 127 Å². The molecule has 7 heteroatoms. The van der Waals surface area contributed by atoms with Crippen LogP contribution in [0.15, 0.2) is 18.2 Å². The first kappa shape index (κ1) is 15.9. The van der Waals surface area contributed by atoms with Gasteiger partial charge in [-0.2, -0.15) is 0 Å². The fourth-order valence-electron chi connectivity index (χ4n) is 2.73. The normalized spacial score (nSPS) is 15.7. The van der Waals surface area contributed by atoms with Crippen molar-refractivity contribution in [1.29, 1.82) is 0 Å². The SMILES string of the molecule is CCc1ccc(C(=O)NC2(CC(=O)O)CCC2)cc1[N+](=O)[O-]. The predicted molar refractivity (Wildman–Crippen MR) is 78.8 cm³/mol. The van der Waals surface area contributed by atoms with E-state index in [1.54, 1.807) is 13.0 Å². The Balaban J connectivity index is 2.21. The van der Waals surface area contributed by atoms with Crippen molar-refractivity contribution in [3.8, 4) is 0 Å². The molecule has 1 fully saturated rings. The number of hydrogen-bond donors (Lipinski definition) is 2. The van der Waals surface area contributed by atoms with Crippen molar-refractivity contribution < 1.29 is 19.6 Å². The summed E-state index contributed by atoms with van der Waals surface area (Å²) in [5.41, 5.74) is -0.0664. The number of nitrogens with one attached hydrogen (secondary N) is 1. The molecule has 0 atom stereocenters. The number of aliphatic carboxylic acids is 1. The maximum absolute atomic E-state index is 12.3. The Morgan fingerprint density at radius 2 is 2.09 bits per heavy atom. The molecule has 2 N–H and O–H groups in total. The largest absolute Gasteiger partial charge is 0.481 e. The molecule has 0 radical (unpaired) electrons. The molecule has 1 aromatic rings. The Morgan fingerprint density at radius 1 is 1.41 bits per heavy atom. The zero-order valence-corrected chi connectivity index (χ0v) is 12.3. The van der Waals surface area contributed by atoms with E-state index in [2.05, 4.69) is 5.32 Å². The van der Waals surface area contributed by atoms with Gasteiger partial charge in [-0.05, 0) is 31.7 Å². The van der Waals surface area contributed by atoms with E-state index in [1.807, 2.05) is 0 Å². The number of carbonyl (C=O) groups is 2. The first-order chi connectivity index (χ1) is 10.4. The summed E-state index contributed by atoms with van der Waals surface area (Å²) >= 11 is 0. The van der Waals surface area contributed by atoms with E-state index in [0.717, 1.165) is 6.42 Å². The minimum Gasteiger partial charge on any atom is -0.481 e. The van der Waals surface area contributed by atoms with Gasteiger partial charge in [0.25, 0.3) is 11.6 Å². The van der Waals surface area contributed by atoms with Crippen LogP contribution in [-0.2, 0) is 11.2 Å². The molecule has 0 aliphatic heterocycles. The molecule has 0 unspecified atom stereocenters. The number of nitro benzene ring substituents is 1. The number of nitro groups is 1. The molecule has 1 amide bonds. The van der Waals surface area contributed by atoms with E-state index in [4.69, 9.17) is 5.11 Å². The highest BCUT2D eigenvalue weighted by molar-refractivity contribution is 5.95. The van der Waals surface area contributed by atoms with Crippen LogP contribution in [0.5, 0.6) is 0 Å². The molecule has 1 aliphatic rings. The quantitative estimate of drug-likeness (QED) is 0.619. The van der Waals surface area contributed by atoms with E-state index in [9.17, 15) is 19.7 Å². The number of carbonyl (C=O) groups excluding carboxylic acids is 1. The second-order valence-corrected chi connectivity index (χ2v) is 5.61. The van der Waals surface area contributed by atoms with Crippen LogP contribution in [-0.4, -0.2) is 27.4 Å². The summed E-state index contributed by atoms with van der Waals surface area (Å²) in [5.74, 6) is -1.43. The summed E-state index contributed by atoms with van der Waals surface area (Å²) in [4.78, 5) is 33.7. The molecule has 7 nitrogen and oxygen atoms in total. The highest BCUT2D eigenvalue weighted by Crippen LogP contribution is 2.35. The third kappa shape index (κ3) is 3.24. The van der Waals surface area contributed by atoms with Crippen molar-refractivity contribution in [2.75, 3.05) is 0 Å². The number of carboxylic acids is 1. The van der Waals surface area contributed by atoms with E-state index < -0.39 is 22.3 Å². The second-order valence-electron chi connectivity index (χ2n) is 5.61. The summed E-state index contributed by atoms with van der Waals surface area (Å²) in [6.45, 7) is 1.80. The molecule has 0 saturated heterocycles. The number of aryl methyl sites for hydroxylation is 1. The lowest BCUT2D eigenvalue weighted by molar-refractivity contribution is -0.385. The Morgan fingerprint density at radius 3 is 2.55 bits per heavy atom. The van der Waals surface area contributed by atoms with E-state index in [1.165, 1.54) is 12.1 Å². The van der Waals surface area contributed by atoms with Crippen LogP contribution in [0.1, 0.15) is 48.5 Å². The third-order valence-electron chi connectivity index (χ3n) is 4.10. The molecule has 0 heterocycles.